The van der Waals surface area contributed by atoms with Crippen molar-refractivity contribution in [2.45, 2.75) is 5.16 Å². The van der Waals surface area contributed by atoms with E-state index >= 15 is 0 Å². The lowest BCUT2D eigenvalue weighted by Crippen LogP contribution is -2.00. The normalized spacial score (nSPS) is 10.4. The highest BCUT2D eigenvalue weighted by molar-refractivity contribution is 7.99. The second kappa shape index (κ2) is 6.05. The van der Waals surface area contributed by atoms with E-state index in [1.165, 1.54) is 11.8 Å². The monoisotopic (exact) mass is 188 g/mol. The lowest BCUT2D eigenvalue weighted by atomic mass is 10.8. The minimum Gasteiger partial charge on any atom is -0.382 e. The van der Waals surface area contributed by atoms with Crippen molar-refractivity contribution in [1.29, 1.82) is 0 Å². The number of thioether (sulfide) groups is 1. The first-order chi connectivity index (χ1) is 5.93. The minimum atomic E-state index is 0.608. The van der Waals surface area contributed by atoms with E-state index in [9.17, 15) is 0 Å². The van der Waals surface area contributed by atoms with E-state index in [0.29, 0.717) is 19.2 Å². The van der Waals surface area contributed by atoms with Gasteiger partial charge in [0.15, 0.2) is 5.16 Å². The molecule has 1 aromatic heterocycles. The maximum Gasteiger partial charge on any atom is 0.167 e. The van der Waals surface area contributed by atoms with Crippen molar-refractivity contribution in [1.82, 2.24) is 9.97 Å². The number of rotatable bonds is 6. The van der Waals surface area contributed by atoms with Gasteiger partial charge in [0, 0.05) is 19.5 Å². The smallest absolute Gasteiger partial charge is 0.167 e. The first-order valence-electron chi connectivity index (χ1n) is 3.62. The summed E-state index contributed by atoms with van der Waals surface area (Å²) >= 11 is 1.53. The molecule has 0 aromatic carbocycles. The van der Waals surface area contributed by atoms with Gasteiger partial charge in [-0.25, -0.2) is 4.98 Å². The summed E-state index contributed by atoms with van der Waals surface area (Å²) in [7, 11) is 1.66. The molecule has 0 aliphatic carbocycles. The van der Waals surface area contributed by atoms with Crippen molar-refractivity contribution >= 4 is 11.8 Å². The van der Waals surface area contributed by atoms with Gasteiger partial charge in [-0.1, -0.05) is 11.8 Å². The maximum atomic E-state index is 5.23. The van der Waals surface area contributed by atoms with E-state index in [4.69, 9.17) is 9.47 Å². The fourth-order valence-corrected chi connectivity index (χ4v) is 1.23. The summed E-state index contributed by atoms with van der Waals surface area (Å²) < 4.78 is 10.0. The number of ether oxygens (including phenoxy) is 2. The van der Waals surface area contributed by atoms with E-state index in [2.05, 4.69) is 9.97 Å². The van der Waals surface area contributed by atoms with Crippen LogP contribution < -0.4 is 0 Å². The molecule has 0 bridgehead atoms. The van der Waals surface area contributed by atoms with E-state index in [1.807, 2.05) is 0 Å². The second-order valence-electron chi connectivity index (χ2n) is 2.06. The van der Waals surface area contributed by atoms with Gasteiger partial charge in [-0.15, -0.1) is 0 Å². The largest absolute Gasteiger partial charge is 0.382 e. The van der Waals surface area contributed by atoms with Gasteiger partial charge in [0.2, 0.25) is 0 Å². The van der Waals surface area contributed by atoms with E-state index < -0.39 is 0 Å². The molecule has 0 aliphatic rings. The molecule has 0 atom stereocenters. The molecule has 1 rings (SSSR count). The quantitative estimate of drug-likeness (QED) is 0.413. The Morgan fingerprint density at radius 3 is 3.17 bits per heavy atom. The first kappa shape index (κ1) is 9.57. The minimum absolute atomic E-state index is 0.608. The van der Waals surface area contributed by atoms with E-state index in [-0.39, 0.29) is 0 Å². The molecular formula is C7H12N2O2S. The Morgan fingerprint density at radius 2 is 2.50 bits per heavy atom. The van der Waals surface area contributed by atoms with Gasteiger partial charge in [-0.3, -0.25) is 0 Å². The summed E-state index contributed by atoms with van der Waals surface area (Å²) in [6.45, 7) is 1.27. The summed E-state index contributed by atoms with van der Waals surface area (Å²) in [5.74, 6) is 0.608. The van der Waals surface area contributed by atoms with Crippen LogP contribution in [0.4, 0.5) is 0 Å². The van der Waals surface area contributed by atoms with Crippen molar-refractivity contribution < 1.29 is 9.47 Å². The molecule has 1 N–H and O–H groups in total. The molecule has 0 spiro atoms. The molecule has 1 heterocycles. The average Bonchev–Trinajstić information content (AvgIpc) is 2.57. The zero-order valence-corrected chi connectivity index (χ0v) is 7.76. The Kier molecular flexibility index (Phi) is 4.82. The van der Waals surface area contributed by atoms with Gasteiger partial charge in [0.05, 0.1) is 19.2 Å². The van der Waals surface area contributed by atoms with Crippen molar-refractivity contribution in [3.05, 3.63) is 12.4 Å². The third-order valence-electron chi connectivity index (χ3n) is 1.18. The van der Waals surface area contributed by atoms with Gasteiger partial charge >= 0.3 is 0 Å². The SMILES string of the molecule is COCCOCSc1ncc[nH]1. The number of aromatic amines is 1. The molecule has 0 amide bonds. The Labute approximate surface area is 75.7 Å². The van der Waals surface area contributed by atoms with Crippen LogP contribution in [0.1, 0.15) is 0 Å². The van der Waals surface area contributed by atoms with Crippen molar-refractivity contribution in [2.24, 2.45) is 0 Å². The number of nitrogens with one attached hydrogen (secondary N) is 1. The highest BCUT2D eigenvalue weighted by Crippen LogP contribution is 2.10. The number of imidazole rings is 1. The van der Waals surface area contributed by atoms with Crippen LogP contribution in [-0.4, -0.2) is 36.2 Å². The fraction of sp³-hybridized carbons (Fsp3) is 0.571. The summed E-state index contributed by atoms with van der Waals surface area (Å²) in [5.41, 5.74) is 0. The van der Waals surface area contributed by atoms with Crippen molar-refractivity contribution in [2.75, 3.05) is 26.3 Å². The van der Waals surface area contributed by atoms with Gasteiger partial charge in [0.1, 0.15) is 0 Å². The number of methoxy groups -OCH3 is 1. The lowest BCUT2D eigenvalue weighted by Gasteiger charge is -2.00. The third-order valence-corrected chi connectivity index (χ3v) is 1.97. The van der Waals surface area contributed by atoms with E-state index in [1.54, 1.807) is 19.5 Å². The zero-order valence-electron chi connectivity index (χ0n) is 6.95. The Morgan fingerprint density at radius 1 is 1.58 bits per heavy atom. The summed E-state index contributed by atoms with van der Waals surface area (Å²) in [4.78, 5) is 7.00. The van der Waals surface area contributed by atoms with Crippen LogP contribution in [0.25, 0.3) is 0 Å². The van der Waals surface area contributed by atoms with Crippen molar-refractivity contribution in [3.8, 4) is 0 Å². The zero-order chi connectivity index (χ0) is 8.65. The molecule has 0 fully saturated rings. The molecule has 68 valence electrons. The number of H-pyrrole nitrogens is 1. The average molecular weight is 188 g/mol. The molecule has 1 aromatic rings. The molecule has 12 heavy (non-hydrogen) atoms. The third kappa shape index (κ3) is 3.75. The highest BCUT2D eigenvalue weighted by atomic mass is 32.2. The standard InChI is InChI=1S/C7H12N2O2S/c1-10-4-5-11-6-12-7-8-2-3-9-7/h2-3H,4-6H2,1H3,(H,8,9). The second-order valence-corrected chi connectivity index (χ2v) is 2.97. The first-order valence-corrected chi connectivity index (χ1v) is 4.61. The van der Waals surface area contributed by atoms with Crippen molar-refractivity contribution in [3.63, 3.8) is 0 Å². The molecule has 0 radical (unpaired) electrons. The van der Waals surface area contributed by atoms with Crippen LogP contribution in [0.5, 0.6) is 0 Å². The predicted octanol–water partition coefficient (Wildman–Crippen LogP) is 1.12. The topological polar surface area (TPSA) is 47.1 Å². The molecule has 5 heteroatoms. The summed E-state index contributed by atoms with van der Waals surface area (Å²) in [5, 5.41) is 0.882. The summed E-state index contributed by atoms with van der Waals surface area (Å²) in [6, 6.07) is 0. The molecule has 0 aliphatic heterocycles. The lowest BCUT2D eigenvalue weighted by molar-refractivity contribution is 0.0953. The summed E-state index contributed by atoms with van der Waals surface area (Å²) in [6.07, 6.45) is 3.51. The number of aromatic nitrogens is 2. The molecule has 0 saturated carbocycles. The van der Waals surface area contributed by atoms with Gasteiger partial charge in [-0.2, -0.15) is 0 Å². The maximum absolute atomic E-state index is 5.23. The molecular weight excluding hydrogens is 176 g/mol. The van der Waals surface area contributed by atoms with Crippen LogP contribution >= 0.6 is 11.8 Å². The molecule has 0 saturated heterocycles. The highest BCUT2D eigenvalue weighted by Gasteiger charge is 1.94. The number of hydrogen-bond acceptors (Lipinski definition) is 4. The van der Waals surface area contributed by atoms with Crippen LogP contribution in [0.15, 0.2) is 17.6 Å². The molecule has 0 unspecified atom stereocenters. The molecule has 4 nitrogen and oxygen atoms in total. The van der Waals surface area contributed by atoms with Crippen LogP contribution in [-0.2, 0) is 9.47 Å². The van der Waals surface area contributed by atoms with Gasteiger partial charge < -0.3 is 14.5 Å². The Balaban J connectivity index is 1.96. The Hall–Kier alpha value is -0.520. The van der Waals surface area contributed by atoms with Crippen LogP contribution in [0.2, 0.25) is 0 Å². The predicted molar refractivity (Wildman–Crippen MR) is 47.1 cm³/mol. The van der Waals surface area contributed by atoms with Crippen LogP contribution in [0, 0.1) is 0 Å². The van der Waals surface area contributed by atoms with Gasteiger partial charge in [-0.05, 0) is 0 Å². The number of nitrogens with zero attached hydrogens (tertiary/aromatic N) is 1. The van der Waals surface area contributed by atoms with Gasteiger partial charge in [0.25, 0.3) is 0 Å². The fourth-order valence-electron chi connectivity index (χ4n) is 0.628. The number of hydrogen-bond donors (Lipinski definition) is 1. The Bertz CT molecular complexity index is 191. The van der Waals surface area contributed by atoms with Crippen LogP contribution in [0.3, 0.4) is 0 Å². The van der Waals surface area contributed by atoms with E-state index in [0.717, 1.165) is 5.16 Å².